The maximum atomic E-state index is 5.74. The highest BCUT2D eigenvalue weighted by molar-refractivity contribution is 6.32. The molecular formula is C8H10ClN3. The van der Waals surface area contributed by atoms with Gasteiger partial charge in [0.05, 0.1) is 11.4 Å². The second-order valence-corrected chi connectivity index (χ2v) is 3.34. The highest BCUT2D eigenvalue weighted by Crippen LogP contribution is 2.30. The van der Waals surface area contributed by atoms with E-state index in [1.165, 1.54) is 12.8 Å². The molecule has 0 aliphatic heterocycles. The van der Waals surface area contributed by atoms with Gasteiger partial charge >= 0.3 is 0 Å². The minimum absolute atomic E-state index is 0.376. The number of rotatable bonds is 2. The first kappa shape index (κ1) is 7.68. The summed E-state index contributed by atoms with van der Waals surface area (Å²) in [6, 6.07) is 2.44. The van der Waals surface area contributed by atoms with Gasteiger partial charge in [-0.2, -0.15) is 0 Å². The number of anilines is 2. The van der Waals surface area contributed by atoms with E-state index in [1.54, 1.807) is 6.20 Å². The lowest BCUT2D eigenvalue weighted by molar-refractivity contribution is 1.15. The third-order valence-corrected chi connectivity index (χ3v) is 2.18. The first-order chi connectivity index (χ1) is 5.77. The maximum absolute atomic E-state index is 5.74. The summed E-state index contributed by atoms with van der Waals surface area (Å²) in [4.78, 5) is 3.87. The zero-order valence-corrected chi connectivity index (χ0v) is 7.30. The first-order valence-corrected chi connectivity index (χ1v) is 4.31. The molecule has 0 bridgehead atoms. The summed E-state index contributed by atoms with van der Waals surface area (Å²) in [5, 5.41) is 3.65. The van der Waals surface area contributed by atoms with Crippen molar-refractivity contribution in [2.24, 2.45) is 0 Å². The molecule has 0 amide bonds. The third kappa shape index (κ3) is 1.46. The summed E-state index contributed by atoms with van der Waals surface area (Å²) in [6.45, 7) is 0. The van der Waals surface area contributed by atoms with Gasteiger partial charge in [-0.15, -0.1) is 0 Å². The molecule has 1 saturated carbocycles. The Balaban J connectivity index is 2.23. The largest absolute Gasteiger partial charge is 0.395 e. The molecule has 0 saturated heterocycles. The Morgan fingerprint density at radius 2 is 2.33 bits per heavy atom. The number of pyridine rings is 1. The summed E-state index contributed by atoms with van der Waals surface area (Å²) in [6.07, 6.45) is 4.10. The molecule has 1 aliphatic rings. The lowest BCUT2D eigenvalue weighted by Gasteiger charge is -2.07. The average Bonchev–Trinajstić information content (AvgIpc) is 2.83. The van der Waals surface area contributed by atoms with Crippen LogP contribution >= 0.6 is 11.6 Å². The summed E-state index contributed by atoms with van der Waals surface area (Å²) in [5.41, 5.74) is 7.15. The predicted molar refractivity (Wildman–Crippen MR) is 50.3 cm³/mol. The van der Waals surface area contributed by atoms with Crippen molar-refractivity contribution in [3.8, 4) is 0 Å². The van der Waals surface area contributed by atoms with E-state index in [2.05, 4.69) is 10.3 Å². The van der Waals surface area contributed by atoms with Crippen molar-refractivity contribution >= 4 is 23.0 Å². The van der Waals surface area contributed by atoms with E-state index in [-0.39, 0.29) is 0 Å². The Bertz CT molecular complexity index is 296. The standard InChI is InChI=1S/C8H10ClN3/c9-8-7(10)6(3-4-11-8)12-5-1-2-5/h3-5H,1-2,10H2,(H,11,12). The predicted octanol–water partition coefficient (Wildman–Crippen LogP) is 1.89. The van der Waals surface area contributed by atoms with Crippen LogP contribution in [0.1, 0.15) is 12.8 Å². The molecular weight excluding hydrogens is 174 g/mol. The molecule has 1 fully saturated rings. The van der Waals surface area contributed by atoms with Crippen molar-refractivity contribution in [1.29, 1.82) is 0 Å². The summed E-state index contributed by atoms with van der Waals surface area (Å²) in [5.74, 6) is 0. The van der Waals surface area contributed by atoms with Crippen molar-refractivity contribution in [2.75, 3.05) is 11.1 Å². The van der Waals surface area contributed by atoms with E-state index >= 15 is 0 Å². The van der Waals surface area contributed by atoms with Gasteiger partial charge in [-0.1, -0.05) is 11.6 Å². The third-order valence-electron chi connectivity index (χ3n) is 1.88. The van der Waals surface area contributed by atoms with E-state index in [0.717, 1.165) is 5.69 Å². The van der Waals surface area contributed by atoms with Crippen LogP contribution in [-0.2, 0) is 0 Å². The van der Waals surface area contributed by atoms with Crippen molar-refractivity contribution in [3.05, 3.63) is 17.4 Å². The highest BCUT2D eigenvalue weighted by Gasteiger charge is 2.21. The molecule has 12 heavy (non-hydrogen) atoms. The molecule has 1 aliphatic carbocycles. The molecule has 0 aromatic carbocycles. The Labute approximate surface area is 75.9 Å². The molecule has 4 heteroatoms. The Morgan fingerprint density at radius 3 is 3.00 bits per heavy atom. The zero-order chi connectivity index (χ0) is 8.55. The van der Waals surface area contributed by atoms with Gasteiger partial charge < -0.3 is 11.1 Å². The second kappa shape index (κ2) is 2.83. The highest BCUT2D eigenvalue weighted by atomic mass is 35.5. The topological polar surface area (TPSA) is 50.9 Å². The van der Waals surface area contributed by atoms with Crippen molar-refractivity contribution in [3.63, 3.8) is 0 Å². The van der Waals surface area contributed by atoms with Crippen LogP contribution in [0, 0.1) is 0 Å². The van der Waals surface area contributed by atoms with Crippen molar-refractivity contribution < 1.29 is 0 Å². The number of aromatic nitrogens is 1. The van der Waals surface area contributed by atoms with E-state index < -0.39 is 0 Å². The SMILES string of the molecule is Nc1c(NC2CC2)ccnc1Cl. The molecule has 0 atom stereocenters. The van der Waals surface area contributed by atoms with E-state index in [9.17, 15) is 0 Å². The number of hydrogen-bond acceptors (Lipinski definition) is 3. The smallest absolute Gasteiger partial charge is 0.153 e. The molecule has 0 radical (unpaired) electrons. The Kier molecular flexibility index (Phi) is 1.81. The fourth-order valence-corrected chi connectivity index (χ4v) is 1.18. The minimum Gasteiger partial charge on any atom is -0.395 e. The van der Waals surface area contributed by atoms with Crippen LogP contribution in [0.25, 0.3) is 0 Å². The van der Waals surface area contributed by atoms with Crippen LogP contribution < -0.4 is 11.1 Å². The van der Waals surface area contributed by atoms with Crippen molar-refractivity contribution in [1.82, 2.24) is 4.98 Å². The number of nitrogens with zero attached hydrogens (tertiary/aromatic N) is 1. The Morgan fingerprint density at radius 1 is 1.58 bits per heavy atom. The summed E-state index contributed by atoms with van der Waals surface area (Å²) < 4.78 is 0. The van der Waals surface area contributed by atoms with Gasteiger partial charge in [0.2, 0.25) is 0 Å². The summed E-state index contributed by atoms with van der Waals surface area (Å²) in [7, 11) is 0. The molecule has 1 aromatic heterocycles. The van der Waals surface area contributed by atoms with Crippen LogP contribution in [0.3, 0.4) is 0 Å². The number of nitrogen functional groups attached to an aromatic ring is 1. The number of hydrogen-bond donors (Lipinski definition) is 2. The van der Waals surface area contributed by atoms with Crippen molar-refractivity contribution in [2.45, 2.75) is 18.9 Å². The minimum atomic E-state index is 0.376. The molecule has 2 rings (SSSR count). The molecule has 3 N–H and O–H groups in total. The van der Waals surface area contributed by atoms with Gasteiger partial charge in [0.1, 0.15) is 0 Å². The van der Waals surface area contributed by atoms with Gasteiger partial charge in [-0.3, -0.25) is 0 Å². The molecule has 0 unspecified atom stereocenters. The Hall–Kier alpha value is -0.960. The first-order valence-electron chi connectivity index (χ1n) is 3.94. The van der Waals surface area contributed by atoms with E-state index in [0.29, 0.717) is 16.9 Å². The molecule has 0 spiro atoms. The van der Waals surface area contributed by atoms with Gasteiger partial charge in [0, 0.05) is 12.2 Å². The maximum Gasteiger partial charge on any atom is 0.153 e. The normalized spacial score (nSPS) is 16.1. The van der Waals surface area contributed by atoms with Crippen LogP contribution in [0.15, 0.2) is 12.3 Å². The zero-order valence-electron chi connectivity index (χ0n) is 6.55. The van der Waals surface area contributed by atoms with E-state index in [1.807, 2.05) is 6.07 Å². The molecule has 64 valence electrons. The van der Waals surface area contributed by atoms with Crippen LogP contribution in [-0.4, -0.2) is 11.0 Å². The quantitative estimate of drug-likeness (QED) is 0.689. The number of halogens is 1. The fourth-order valence-electron chi connectivity index (χ4n) is 1.02. The lowest BCUT2D eigenvalue weighted by atomic mass is 10.3. The van der Waals surface area contributed by atoms with Gasteiger partial charge in [0.25, 0.3) is 0 Å². The monoisotopic (exact) mass is 183 g/mol. The molecule has 1 heterocycles. The van der Waals surface area contributed by atoms with Gasteiger partial charge in [-0.05, 0) is 18.9 Å². The van der Waals surface area contributed by atoms with Crippen LogP contribution in [0.2, 0.25) is 5.15 Å². The molecule has 3 nitrogen and oxygen atoms in total. The number of nitrogens with one attached hydrogen (secondary N) is 1. The van der Waals surface area contributed by atoms with Crippen LogP contribution in [0.4, 0.5) is 11.4 Å². The van der Waals surface area contributed by atoms with Crippen LogP contribution in [0.5, 0.6) is 0 Å². The van der Waals surface area contributed by atoms with E-state index in [4.69, 9.17) is 17.3 Å². The van der Waals surface area contributed by atoms with Gasteiger partial charge in [0.15, 0.2) is 5.15 Å². The lowest BCUT2D eigenvalue weighted by Crippen LogP contribution is -2.04. The van der Waals surface area contributed by atoms with Gasteiger partial charge in [-0.25, -0.2) is 4.98 Å². The average molecular weight is 184 g/mol. The summed E-state index contributed by atoms with van der Waals surface area (Å²) >= 11 is 5.74. The number of nitrogens with two attached hydrogens (primary N) is 1. The molecule has 1 aromatic rings. The second-order valence-electron chi connectivity index (χ2n) is 2.98. The fraction of sp³-hybridized carbons (Fsp3) is 0.375.